The summed E-state index contributed by atoms with van der Waals surface area (Å²) in [5.74, 6) is -0.675. The Hall–Kier alpha value is -2.40. The maximum Gasteiger partial charge on any atom is 0.271 e. The van der Waals surface area contributed by atoms with Crippen molar-refractivity contribution in [3.05, 3.63) is 64.9 Å². The number of hydrogen-bond donors (Lipinski definition) is 2. The van der Waals surface area contributed by atoms with Gasteiger partial charge in [0.15, 0.2) is 0 Å². The molecule has 0 bridgehead atoms. The fourth-order valence-corrected chi connectivity index (χ4v) is 1.92. The van der Waals surface area contributed by atoms with Gasteiger partial charge in [-0.1, -0.05) is 23.7 Å². The van der Waals surface area contributed by atoms with Gasteiger partial charge in [-0.3, -0.25) is 25.4 Å². The second kappa shape index (κ2) is 7.40. The summed E-state index contributed by atoms with van der Waals surface area (Å²) in [4.78, 5) is 27.2. The van der Waals surface area contributed by atoms with Gasteiger partial charge in [0, 0.05) is 23.8 Å². The highest BCUT2D eigenvalue weighted by Gasteiger charge is 2.07. The van der Waals surface area contributed by atoms with Gasteiger partial charge in [0.05, 0.1) is 5.56 Å². The number of aryl methyl sites for hydroxylation is 1. The zero-order chi connectivity index (χ0) is 15.1. The largest absolute Gasteiger partial charge is 0.273 e. The third-order valence-corrected chi connectivity index (χ3v) is 3.00. The number of nitrogens with zero attached hydrogens (tertiary/aromatic N) is 1. The van der Waals surface area contributed by atoms with Crippen molar-refractivity contribution in [1.82, 2.24) is 15.8 Å². The molecule has 2 N–H and O–H groups in total. The van der Waals surface area contributed by atoms with Gasteiger partial charge in [-0.25, -0.2) is 0 Å². The van der Waals surface area contributed by atoms with Crippen LogP contribution in [0.4, 0.5) is 0 Å². The topological polar surface area (TPSA) is 71.1 Å². The lowest BCUT2D eigenvalue weighted by molar-refractivity contribution is -0.121. The highest BCUT2D eigenvalue weighted by Crippen LogP contribution is 2.11. The summed E-state index contributed by atoms with van der Waals surface area (Å²) in [6, 6.07) is 10.6. The number of hydrazine groups is 1. The standard InChI is InChI=1S/C15H14ClN3O2/c16-13-5-1-3-11(9-13)6-7-14(20)18-19-15(21)12-4-2-8-17-10-12/h1-5,8-10H,6-7H2,(H,18,20)(H,19,21). The van der Waals surface area contributed by atoms with Gasteiger partial charge in [-0.2, -0.15) is 0 Å². The minimum Gasteiger partial charge on any atom is -0.273 e. The van der Waals surface area contributed by atoms with Crippen molar-refractivity contribution in [1.29, 1.82) is 0 Å². The summed E-state index contributed by atoms with van der Waals surface area (Å²) in [5.41, 5.74) is 6.06. The number of carbonyl (C=O) groups excluding carboxylic acids is 2. The second-order valence-electron chi connectivity index (χ2n) is 4.37. The zero-order valence-corrected chi connectivity index (χ0v) is 11.9. The first-order chi connectivity index (χ1) is 10.1. The lowest BCUT2D eigenvalue weighted by Gasteiger charge is -2.07. The monoisotopic (exact) mass is 303 g/mol. The molecule has 6 heteroatoms. The summed E-state index contributed by atoms with van der Waals surface area (Å²) >= 11 is 5.87. The predicted molar refractivity (Wildman–Crippen MR) is 79.6 cm³/mol. The van der Waals surface area contributed by atoms with Crippen molar-refractivity contribution in [2.75, 3.05) is 0 Å². The number of pyridine rings is 1. The van der Waals surface area contributed by atoms with Gasteiger partial charge in [0.25, 0.3) is 5.91 Å². The van der Waals surface area contributed by atoms with E-state index in [9.17, 15) is 9.59 Å². The fourth-order valence-electron chi connectivity index (χ4n) is 1.71. The summed E-state index contributed by atoms with van der Waals surface area (Å²) in [6.07, 6.45) is 3.80. The molecule has 0 aliphatic rings. The van der Waals surface area contributed by atoms with Crippen molar-refractivity contribution in [3.8, 4) is 0 Å². The van der Waals surface area contributed by atoms with Crippen molar-refractivity contribution >= 4 is 23.4 Å². The van der Waals surface area contributed by atoms with E-state index in [1.54, 1.807) is 24.4 Å². The predicted octanol–water partition coefficient (Wildman–Crippen LogP) is 2.13. The van der Waals surface area contributed by atoms with Gasteiger partial charge in [0.1, 0.15) is 0 Å². The van der Waals surface area contributed by atoms with Crippen LogP contribution in [0.15, 0.2) is 48.8 Å². The molecule has 0 fully saturated rings. The molecule has 2 aromatic rings. The summed E-state index contributed by atoms with van der Waals surface area (Å²) in [6.45, 7) is 0. The molecule has 0 aliphatic carbocycles. The lowest BCUT2D eigenvalue weighted by atomic mass is 10.1. The SMILES string of the molecule is O=C(CCc1cccc(Cl)c1)NNC(=O)c1cccnc1. The second-order valence-corrected chi connectivity index (χ2v) is 4.81. The number of aromatic nitrogens is 1. The Balaban J connectivity index is 1.76. The summed E-state index contributed by atoms with van der Waals surface area (Å²) in [7, 11) is 0. The fraction of sp³-hybridized carbons (Fsp3) is 0.133. The minimum absolute atomic E-state index is 0.258. The quantitative estimate of drug-likeness (QED) is 0.850. The number of amides is 2. The van der Waals surface area contributed by atoms with E-state index in [0.717, 1.165) is 5.56 Å². The van der Waals surface area contributed by atoms with E-state index >= 15 is 0 Å². The molecule has 0 atom stereocenters. The summed E-state index contributed by atoms with van der Waals surface area (Å²) in [5, 5.41) is 0.637. The van der Waals surface area contributed by atoms with Crippen LogP contribution in [0.5, 0.6) is 0 Å². The Labute approximate surface area is 127 Å². The molecule has 5 nitrogen and oxygen atoms in total. The van der Waals surface area contributed by atoms with E-state index in [4.69, 9.17) is 11.6 Å². The number of halogens is 1. The molecule has 0 saturated carbocycles. The molecule has 0 spiro atoms. The van der Waals surface area contributed by atoms with E-state index in [1.807, 2.05) is 18.2 Å². The number of carbonyl (C=O) groups is 2. The lowest BCUT2D eigenvalue weighted by Crippen LogP contribution is -2.41. The van der Waals surface area contributed by atoms with Crippen LogP contribution in [-0.2, 0) is 11.2 Å². The highest BCUT2D eigenvalue weighted by atomic mass is 35.5. The first-order valence-electron chi connectivity index (χ1n) is 6.39. The number of nitrogens with one attached hydrogen (secondary N) is 2. The number of benzene rings is 1. The Morgan fingerprint density at radius 1 is 1.14 bits per heavy atom. The van der Waals surface area contributed by atoms with Gasteiger partial charge in [-0.15, -0.1) is 0 Å². The molecule has 2 rings (SSSR count). The van der Waals surface area contributed by atoms with Crippen LogP contribution in [0.25, 0.3) is 0 Å². The van der Waals surface area contributed by atoms with Crippen molar-refractivity contribution in [3.63, 3.8) is 0 Å². The molecule has 0 unspecified atom stereocenters. The van der Waals surface area contributed by atoms with Crippen LogP contribution in [-0.4, -0.2) is 16.8 Å². The third kappa shape index (κ3) is 4.89. The van der Waals surface area contributed by atoms with Crippen molar-refractivity contribution in [2.24, 2.45) is 0 Å². The van der Waals surface area contributed by atoms with E-state index in [0.29, 0.717) is 17.0 Å². The molecule has 0 saturated heterocycles. The van der Waals surface area contributed by atoms with Crippen LogP contribution >= 0.6 is 11.6 Å². The van der Waals surface area contributed by atoms with Crippen LogP contribution < -0.4 is 10.9 Å². The van der Waals surface area contributed by atoms with Crippen molar-refractivity contribution in [2.45, 2.75) is 12.8 Å². The van der Waals surface area contributed by atoms with Crippen LogP contribution in [0.3, 0.4) is 0 Å². The molecule has 21 heavy (non-hydrogen) atoms. The van der Waals surface area contributed by atoms with Gasteiger partial charge >= 0.3 is 0 Å². The molecular formula is C15H14ClN3O2. The molecular weight excluding hydrogens is 290 g/mol. The Morgan fingerprint density at radius 2 is 2.00 bits per heavy atom. The Bertz CT molecular complexity index is 632. The maximum atomic E-state index is 11.7. The Kier molecular flexibility index (Phi) is 5.29. The first-order valence-corrected chi connectivity index (χ1v) is 6.76. The van der Waals surface area contributed by atoms with E-state index < -0.39 is 5.91 Å². The maximum absolute atomic E-state index is 11.7. The normalized spacial score (nSPS) is 9.95. The number of rotatable bonds is 4. The highest BCUT2D eigenvalue weighted by molar-refractivity contribution is 6.30. The van der Waals surface area contributed by atoms with E-state index in [1.165, 1.54) is 6.20 Å². The molecule has 0 radical (unpaired) electrons. The number of hydrogen-bond acceptors (Lipinski definition) is 3. The van der Waals surface area contributed by atoms with Crippen LogP contribution in [0.2, 0.25) is 5.02 Å². The third-order valence-electron chi connectivity index (χ3n) is 2.77. The minimum atomic E-state index is -0.404. The Morgan fingerprint density at radius 3 is 2.71 bits per heavy atom. The van der Waals surface area contributed by atoms with E-state index in [-0.39, 0.29) is 12.3 Å². The molecule has 1 aromatic heterocycles. The van der Waals surface area contributed by atoms with Gasteiger partial charge in [0.2, 0.25) is 5.91 Å². The molecule has 0 aliphatic heterocycles. The first kappa shape index (κ1) is 15.0. The summed E-state index contributed by atoms with van der Waals surface area (Å²) < 4.78 is 0. The average molecular weight is 304 g/mol. The molecule has 2 amide bonds. The van der Waals surface area contributed by atoms with Crippen LogP contribution in [0.1, 0.15) is 22.3 Å². The molecule has 1 aromatic carbocycles. The van der Waals surface area contributed by atoms with Crippen molar-refractivity contribution < 1.29 is 9.59 Å². The smallest absolute Gasteiger partial charge is 0.271 e. The van der Waals surface area contributed by atoms with Crippen LogP contribution in [0, 0.1) is 0 Å². The molecule has 108 valence electrons. The average Bonchev–Trinajstić information content (AvgIpc) is 2.51. The van der Waals surface area contributed by atoms with Gasteiger partial charge in [-0.05, 0) is 36.2 Å². The van der Waals surface area contributed by atoms with E-state index in [2.05, 4.69) is 15.8 Å². The molecule has 1 heterocycles. The zero-order valence-electron chi connectivity index (χ0n) is 11.2. The van der Waals surface area contributed by atoms with Gasteiger partial charge < -0.3 is 0 Å².